The van der Waals surface area contributed by atoms with E-state index in [0.717, 1.165) is 0 Å². The van der Waals surface area contributed by atoms with Crippen molar-refractivity contribution in [2.75, 3.05) is 13.2 Å². The van der Waals surface area contributed by atoms with E-state index < -0.39 is 24.0 Å². The molecule has 1 heterocycles. The highest BCUT2D eigenvalue weighted by atomic mass is 19.3. The first-order valence-electron chi connectivity index (χ1n) is 3.92. The molecule has 2 N–H and O–H groups in total. The molecule has 1 saturated heterocycles. The molecule has 80 valence electrons. The first-order chi connectivity index (χ1) is 6.49. The third-order valence-electron chi connectivity index (χ3n) is 1.91. The molecule has 1 aliphatic heterocycles. The van der Waals surface area contributed by atoms with Crippen molar-refractivity contribution in [1.29, 1.82) is 0 Å². The van der Waals surface area contributed by atoms with Gasteiger partial charge < -0.3 is 20.0 Å². The van der Waals surface area contributed by atoms with E-state index in [-0.39, 0.29) is 19.4 Å². The predicted molar refractivity (Wildman–Crippen MR) is 39.9 cm³/mol. The van der Waals surface area contributed by atoms with E-state index in [0.29, 0.717) is 0 Å². The maximum absolute atomic E-state index is 13.0. The Hall–Kier alpha value is -1.08. The van der Waals surface area contributed by atoms with E-state index in [2.05, 4.69) is 10.1 Å². The van der Waals surface area contributed by atoms with Gasteiger partial charge in [-0.15, -0.1) is 0 Å². The molecule has 1 aliphatic rings. The summed E-state index contributed by atoms with van der Waals surface area (Å²) < 4.78 is 30.0. The fraction of sp³-hybridized carbons (Fsp3) is 0.714. The van der Waals surface area contributed by atoms with E-state index >= 15 is 0 Å². The lowest BCUT2D eigenvalue weighted by atomic mass is 10.00. The zero-order chi connectivity index (χ0) is 10.8. The van der Waals surface area contributed by atoms with E-state index in [1.807, 2.05) is 0 Å². The summed E-state index contributed by atoms with van der Waals surface area (Å²) in [6.45, 7) is -0.118. The Bertz CT molecular complexity index is 246. The third kappa shape index (κ3) is 2.05. The number of morpholine rings is 1. The number of rotatable bonds is 3. The maximum Gasteiger partial charge on any atom is 0.372 e. The second kappa shape index (κ2) is 3.97. The lowest BCUT2D eigenvalue weighted by Gasteiger charge is -2.33. The van der Waals surface area contributed by atoms with Gasteiger partial charge in [0.05, 0.1) is 6.61 Å². The van der Waals surface area contributed by atoms with Gasteiger partial charge in [-0.3, -0.25) is 4.79 Å². The van der Waals surface area contributed by atoms with Gasteiger partial charge in [-0.25, -0.2) is 0 Å². The molecule has 0 saturated carbocycles. The van der Waals surface area contributed by atoms with E-state index in [9.17, 15) is 18.4 Å². The molecule has 0 aromatic carbocycles. The fourth-order valence-electron chi connectivity index (χ4n) is 1.23. The number of carboxylic acid groups (broad SMARTS) is 1. The van der Waals surface area contributed by atoms with E-state index in [4.69, 9.17) is 5.11 Å². The Morgan fingerprint density at radius 2 is 2.36 bits per heavy atom. The van der Waals surface area contributed by atoms with Crippen molar-refractivity contribution in [2.45, 2.75) is 12.2 Å². The van der Waals surface area contributed by atoms with Gasteiger partial charge in [-0.1, -0.05) is 0 Å². The summed E-state index contributed by atoms with van der Waals surface area (Å²) in [6.07, 6.45) is -3.65. The van der Waals surface area contributed by atoms with Crippen LogP contribution < -0.4 is 5.32 Å². The lowest BCUT2D eigenvalue weighted by Crippen LogP contribution is -2.58. The molecule has 14 heavy (non-hydrogen) atoms. The average molecular weight is 209 g/mol. The molecule has 5 nitrogen and oxygen atoms in total. The Morgan fingerprint density at radius 3 is 2.79 bits per heavy atom. The summed E-state index contributed by atoms with van der Waals surface area (Å²) >= 11 is 0. The summed E-state index contributed by atoms with van der Waals surface area (Å²) in [5.74, 6) is -3.40. The molecular weight excluding hydrogens is 200 g/mol. The Kier molecular flexibility index (Phi) is 3.12. The largest absolute Gasteiger partial charge is 0.481 e. The van der Waals surface area contributed by atoms with Gasteiger partial charge in [0.2, 0.25) is 0 Å². The molecule has 1 rings (SSSR count). The standard InChI is InChI=1S/C7H9F2NO4/c8-7(9)5(10-1-2-14-7)4(3-11)6(12)13/h3-5,10H,1-2H2,(H,12,13). The van der Waals surface area contributed by atoms with E-state index in [1.165, 1.54) is 0 Å². The summed E-state index contributed by atoms with van der Waals surface area (Å²) in [6, 6.07) is -1.80. The zero-order valence-electron chi connectivity index (χ0n) is 7.07. The van der Waals surface area contributed by atoms with Crippen LogP contribution in [0.2, 0.25) is 0 Å². The number of hydrogen-bond donors (Lipinski definition) is 2. The van der Waals surface area contributed by atoms with Crippen molar-refractivity contribution < 1.29 is 28.2 Å². The molecule has 0 aromatic heterocycles. The summed E-state index contributed by atoms with van der Waals surface area (Å²) in [7, 11) is 0. The van der Waals surface area contributed by atoms with Crippen molar-refractivity contribution in [3.63, 3.8) is 0 Å². The van der Waals surface area contributed by atoms with Crippen LogP contribution in [0.15, 0.2) is 0 Å². The van der Waals surface area contributed by atoms with Gasteiger partial charge in [0.1, 0.15) is 18.2 Å². The van der Waals surface area contributed by atoms with Crippen LogP contribution >= 0.6 is 0 Å². The molecule has 0 radical (unpaired) electrons. The second-order valence-electron chi connectivity index (χ2n) is 2.84. The predicted octanol–water partition coefficient (Wildman–Crippen LogP) is -0.533. The van der Waals surface area contributed by atoms with Crippen LogP contribution in [0.4, 0.5) is 8.78 Å². The Balaban J connectivity index is 2.81. The van der Waals surface area contributed by atoms with Crippen LogP contribution in [0.3, 0.4) is 0 Å². The monoisotopic (exact) mass is 209 g/mol. The van der Waals surface area contributed by atoms with Crippen LogP contribution in [-0.4, -0.2) is 42.7 Å². The number of carboxylic acids is 1. The molecule has 0 bridgehead atoms. The number of aliphatic carboxylic acids is 1. The summed E-state index contributed by atoms with van der Waals surface area (Å²) in [4.78, 5) is 20.8. The van der Waals surface area contributed by atoms with Gasteiger partial charge in [0.15, 0.2) is 0 Å². The van der Waals surface area contributed by atoms with E-state index in [1.54, 1.807) is 0 Å². The molecule has 0 amide bonds. The van der Waals surface area contributed by atoms with Crippen LogP contribution in [0.5, 0.6) is 0 Å². The molecule has 7 heteroatoms. The first kappa shape index (κ1) is 11.0. The van der Waals surface area contributed by atoms with Crippen molar-refractivity contribution in [3.8, 4) is 0 Å². The summed E-state index contributed by atoms with van der Waals surface area (Å²) in [5, 5.41) is 10.8. The first-order valence-corrected chi connectivity index (χ1v) is 3.92. The summed E-state index contributed by atoms with van der Waals surface area (Å²) in [5.41, 5.74) is 0. The van der Waals surface area contributed by atoms with Crippen molar-refractivity contribution in [1.82, 2.24) is 5.32 Å². The third-order valence-corrected chi connectivity index (χ3v) is 1.91. The van der Waals surface area contributed by atoms with Gasteiger partial charge in [0.25, 0.3) is 0 Å². The van der Waals surface area contributed by atoms with Crippen molar-refractivity contribution in [2.24, 2.45) is 5.92 Å². The minimum absolute atomic E-state index is 0.0252. The molecule has 0 aliphatic carbocycles. The van der Waals surface area contributed by atoms with Crippen LogP contribution in [0.1, 0.15) is 0 Å². The molecular formula is C7H9F2NO4. The molecule has 2 unspecified atom stereocenters. The molecule has 1 fully saturated rings. The number of hydrogen-bond acceptors (Lipinski definition) is 4. The highest BCUT2D eigenvalue weighted by Gasteiger charge is 2.50. The number of aldehydes is 1. The molecule has 0 aromatic rings. The van der Waals surface area contributed by atoms with Crippen LogP contribution in [-0.2, 0) is 14.3 Å². The van der Waals surface area contributed by atoms with Gasteiger partial charge in [-0.2, -0.15) is 8.78 Å². The second-order valence-corrected chi connectivity index (χ2v) is 2.84. The SMILES string of the molecule is O=CC(C(=O)O)C1NCCOC1(F)F. The minimum Gasteiger partial charge on any atom is -0.481 e. The average Bonchev–Trinajstić information content (AvgIpc) is 2.08. The molecule has 2 atom stereocenters. The highest BCUT2D eigenvalue weighted by molar-refractivity contribution is 5.87. The minimum atomic E-state index is -3.62. The van der Waals surface area contributed by atoms with Crippen molar-refractivity contribution >= 4 is 12.3 Å². The van der Waals surface area contributed by atoms with Crippen molar-refractivity contribution in [3.05, 3.63) is 0 Å². The van der Waals surface area contributed by atoms with Crippen LogP contribution in [0, 0.1) is 5.92 Å². The van der Waals surface area contributed by atoms with Gasteiger partial charge >= 0.3 is 12.1 Å². The van der Waals surface area contributed by atoms with Gasteiger partial charge in [0, 0.05) is 6.54 Å². The highest BCUT2D eigenvalue weighted by Crippen LogP contribution is 2.27. The normalized spacial score (nSPS) is 28.0. The maximum atomic E-state index is 13.0. The van der Waals surface area contributed by atoms with Crippen LogP contribution in [0.25, 0.3) is 0 Å². The quantitative estimate of drug-likeness (QED) is 0.482. The molecule has 0 spiro atoms. The number of carbonyl (C=O) groups is 2. The number of carbonyl (C=O) groups excluding carboxylic acids is 1. The smallest absolute Gasteiger partial charge is 0.372 e. The fourth-order valence-corrected chi connectivity index (χ4v) is 1.23. The number of halogens is 2. The number of ether oxygens (including phenoxy) is 1. The Morgan fingerprint density at radius 1 is 1.71 bits per heavy atom. The Labute approximate surface area is 78.0 Å². The topological polar surface area (TPSA) is 75.6 Å². The lowest BCUT2D eigenvalue weighted by molar-refractivity contribution is -0.277. The zero-order valence-corrected chi connectivity index (χ0v) is 7.07. The van der Waals surface area contributed by atoms with Gasteiger partial charge in [-0.05, 0) is 0 Å². The number of nitrogens with one attached hydrogen (secondary N) is 1. The number of alkyl halides is 2.